The molecule has 0 amide bonds. The van der Waals surface area contributed by atoms with E-state index in [-0.39, 0.29) is 11.7 Å². The van der Waals surface area contributed by atoms with Gasteiger partial charge in [0.05, 0.1) is 0 Å². The molecular formula is C16H16FN. The van der Waals surface area contributed by atoms with Gasteiger partial charge in [0.15, 0.2) is 0 Å². The SMILES string of the molecule is N=C1C=C2C=CCCC2C(c2cccc(F)c2)C1. The summed E-state index contributed by atoms with van der Waals surface area (Å²) in [5.41, 5.74) is 2.93. The standard InChI is InChI=1S/C16H16FN/c17-13-6-3-5-11(8-13)16-10-14(18)9-12-4-1-2-7-15(12)16/h1,3-6,8-9,15-16,18H,2,7,10H2. The monoisotopic (exact) mass is 241 g/mol. The van der Waals surface area contributed by atoms with Gasteiger partial charge < -0.3 is 5.41 Å². The molecule has 2 aliphatic rings. The molecule has 1 aromatic carbocycles. The average Bonchev–Trinajstić information content (AvgIpc) is 2.37. The molecule has 2 unspecified atom stereocenters. The van der Waals surface area contributed by atoms with Crippen LogP contribution in [0.1, 0.15) is 30.7 Å². The summed E-state index contributed by atoms with van der Waals surface area (Å²) in [6.07, 6.45) is 9.21. The van der Waals surface area contributed by atoms with E-state index in [1.165, 1.54) is 11.6 Å². The number of nitrogens with one attached hydrogen (secondary N) is 1. The molecule has 2 atom stereocenters. The molecule has 1 nitrogen and oxygen atoms in total. The number of allylic oxidation sites excluding steroid dienone is 4. The Balaban J connectivity index is 2.00. The molecule has 18 heavy (non-hydrogen) atoms. The van der Waals surface area contributed by atoms with Crippen LogP contribution in [0.3, 0.4) is 0 Å². The quantitative estimate of drug-likeness (QED) is 0.761. The van der Waals surface area contributed by atoms with Gasteiger partial charge in [0, 0.05) is 5.71 Å². The van der Waals surface area contributed by atoms with Crippen LogP contribution in [0.4, 0.5) is 4.39 Å². The van der Waals surface area contributed by atoms with Crippen LogP contribution in [0.2, 0.25) is 0 Å². The second-order valence-electron chi connectivity index (χ2n) is 5.12. The van der Waals surface area contributed by atoms with E-state index in [1.54, 1.807) is 12.1 Å². The van der Waals surface area contributed by atoms with E-state index in [1.807, 2.05) is 12.1 Å². The lowest BCUT2D eigenvalue weighted by atomic mass is 9.70. The van der Waals surface area contributed by atoms with Crippen LogP contribution in [0.25, 0.3) is 0 Å². The van der Waals surface area contributed by atoms with Crippen LogP contribution in [-0.2, 0) is 0 Å². The van der Waals surface area contributed by atoms with Gasteiger partial charge in [-0.1, -0.05) is 24.3 Å². The molecule has 0 spiro atoms. The molecule has 0 heterocycles. The first-order valence-corrected chi connectivity index (χ1v) is 6.45. The summed E-state index contributed by atoms with van der Waals surface area (Å²) < 4.78 is 13.4. The molecule has 1 N–H and O–H groups in total. The van der Waals surface area contributed by atoms with Gasteiger partial charge in [-0.05, 0) is 60.4 Å². The zero-order valence-electron chi connectivity index (χ0n) is 10.2. The Labute approximate surface area is 107 Å². The summed E-state index contributed by atoms with van der Waals surface area (Å²) in [6.45, 7) is 0. The first kappa shape index (κ1) is 11.4. The summed E-state index contributed by atoms with van der Waals surface area (Å²) in [6, 6.07) is 6.86. The Hall–Kier alpha value is -1.70. The molecule has 0 aliphatic heterocycles. The van der Waals surface area contributed by atoms with E-state index in [0.29, 0.717) is 11.6 Å². The number of benzene rings is 1. The summed E-state index contributed by atoms with van der Waals surface area (Å²) in [5, 5.41) is 7.94. The summed E-state index contributed by atoms with van der Waals surface area (Å²) in [5.74, 6) is 0.533. The van der Waals surface area contributed by atoms with Gasteiger partial charge in [-0.15, -0.1) is 0 Å². The molecule has 2 aliphatic carbocycles. The van der Waals surface area contributed by atoms with Crippen molar-refractivity contribution in [2.75, 3.05) is 0 Å². The molecule has 92 valence electrons. The summed E-state index contributed by atoms with van der Waals surface area (Å²) >= 11 is 0. The van der Waals surface area contributed by atoms with Crippen molar-refractivity contribution in [2.45, 2.75) is 25.2 Å². The third kappa shape index (κ3) is 2.03. The fourth-order valence-electron chi connectivity index (χ4n) is 3.10. The van der Waals surface area contributed by atoms with Crippen molar-refractivity contribution in [3.8, 4) is 0 Å². The maximum absolute atomic E-state index is 13.4. The molecule has 2 heteroatoms. The van der Waals surface area contributed by atoms with E-state index >= 15 is 0 Å². The predicted molar refractivity (Wildman–Crippen MR) is 71.4 cm³/mol. The van der Waals surface area contributed by atoms with Gasteiger partial charge in [-0.3, -0.25) is 0 Å². The van der Waals surface area contributed by atoms with Gasteiger partial charge >= 0.3 is 0 Å². The Morgan fingerprint density at radius 1 is 1.22 bits per heavy atom. The van der Waals surface area contributed by atoms with E-state index in [4.69, 9.17) is 5.41 Å². The number of hydrogen-bond acceptors (Lipinski definition) is 1. The van der Waals surface area contributed by atoms with E-state index < -0.39 is 0 Å². The summed E-state index contributed by atoms with van der Waals surface area (Å²) in [4.78, 5) is 0. The van der Waals surface area contributed by atoms with Crippen LogP contribution >= 0.6 is 0 Å². The van der Waals surface area contributed by atoms with Crippen molar-refractivity contribution in [3.63, 3.8) is 0 Å². The maximum atomic E-state index is 13.4. The van der Waals surface area contributed by atoms with Crippen molar-refractivity contribution in [1.82, 2.24) is 0 Å². The third-order valence-corrected chi connectivity index (χ3v) is 3.93. The van der Waals surface area contributed by atoms with E-state index in [2.05, 4.69) is 12.2 Å². The van der Waals surface area contributed by atoms with Crippen LogP contribution in [0, 0.1) is 17.1 Å². The largest absolute Gasteiger partial charge is 0.305 e. The smallest absolute Gasteiger partial charge is 0.123 e. The average molecular weight is 241 g/mol. The Kier molecular flexibility index (Phi) is 2.86. The number of fused-ring (bicyclic) bond motifs is 1. The van der Waals surface area contributed by atoms with Crippen molar-refractivity contribution < 1.29 is 4.39 Å². The number of halogens is 1. The highest BCUT2D eigenvalue weighted by molar-refractivity contribution is 5.95. The molecule has 0 fully saturated rings. The molecule has 0 bridgehead atoms. The van der Waals surface area contributed by atoms with Crippen LogP contribution in [-0.4, -0.2) is 5.71 Å². The minimum Gasteiger partial charge on any atom is -0.305 e. The molecule has 0 radical (unpaired) electrons. The fraction of sp³-hybridized carbons (Fsp3) is 0.312. The molecule has 1 aromatic rings. The highest BCUT2D eigenvalue weighted by atomic mass is 19.1. The number of hydrogen-bond donors (Lipinski definition) is 1. The first-order valence-electron chi connectivity index (χ1n) is 6.45. The molecule has 0 saturated heterocycles. The lowest BCUT2D eigenvalue weighted by molar-refractivity contribution is 0.453. The zero-order chi connectivity index (χ0) is 12.5. The highest BCUT2D eigenvalue weighted by Crippen LogP contribution is 2.42. The third-order valence-electron chi connectivity index (χ3n) is 3.93. The first-order chi connectivity index (χ1) is 8.74. The Bertz CT molecular complexity index is 542. The summed E-state index contributed by atoms with van der Waals surface area (Å²) in [7, 11) is 0. The maximum Gasteiger partial charge on any atom is 0.123 e. The fourth-order valence-corrected chi connectivity index (χ4v) is 3.10. The second kappa shape index (κ2) is 4.52. The van der Waals surface area contributed by atoms with Gasteiger partial charge in [-0.2, -0.15) is 0 Å². The normalized spacial score (nSPS) is 26.7. The molecule has 0 aromatic heterocycles. The van der Waals surface area contributed by atoms with Gasteiger partial charge in [0.2, 0.25) is 0 Å². The predicted octanol–water partition coefficient (Wildman–Crippen LogP) is 4.23. The molecule has 3 rings (SSSR count). The minimum atomic E-state index is -0.179. The number of rotatable bonds is 1. The van der Waals surface area contributed by atoms with Gasteiger partial charge in [0.25, 0.3) is 0 Å². The highest BCUT2D eigenvalue weighted by Gasteiger charge is 2.31. The van der Waals surface area contributed by atoms with Crippen LogP contribution in [0.5, 0.6) is 0 Å². The lowest BCUT2D eigenvalue weighted by Gasteiger charge is -2.34. The van der Waals surface area contributed by atoms with Crippen LogP contribution in [0.15, 0.2) is 48.1 Å². The van der Waals surface area contributed by atoms with Gasteiger partial charge in [0.1, 0.15) is 5.82 Å². The second-order valence-corrected chi connectivity index (χ2v) is 5.12. The van der Waals surface area contributed by atoms with E-state index in [0.717, 1.165) is 24.8 Å². The van der Waals surface area contributed by atoms with Crippen molar-refractivity contribution >= 4 is 5.71 Å². The lowest BCUT2D eigenvalue weighted by Crippen LogP contribution is -2.24. The van der Waals surface area contributed by atoms with Crippen LogP contribution < -0.4 is 0 Å². The molecule has 0 saturated carbocycles. The zero-order valence-corrected chi connectivity index (χ0v) is 10.2. The van der Waals surface area contributed by atoms with Crippen molar-refractivity contribution in [1.29, 1.82) is 5.41 Å². The van der Waals surface area contributed by atoms with Crippen molar-refractivity contribution in [3.05, 3.63) is 59.4 Å². The Morgan fingerprint density at radius 2 is 2.11 bits per heavy atom. The topological polar surface area (TPSA) is 23.9 Å². The Morgan fingerprint density at radius 3 is 2.94 bits per heavy atom. The molecular weight excluding hydrogens is 225 g/mol. The van der Waals surface area contributed by atoms with Crippen molar-refractivity contribution in [2.24, 2.45) is 5.92 Å². The minimum absolute atomic E-state index is 0.179. The van der Waals surface area contributed by atoms with E-state index in [9.17, 15) is 4.39 Å². The van der Waals surface area contributed by atoms with Gasteiger partial charge in [-0.25, -0.2) is 4.39 Å².